The van der Waals surface area contributed by atoms with Crippen LogP contribution in [0.2, 0.25) is 0 Å². The summed E-state index contributed by atoms with van der Waals surface area (Å²) in [6.07, 6.45) is 12.7. The van der Waals surface area contributed by atoms with Gasteiger partial charge < -0.3 is 20.9 Å². The van der Waals surface area contributed by atoms with E-state index in [2.05, 4.69) is 35.0 Å². The zero-order valence-electron chi connectivity index (χ0n) is 28.3. The van der Waals surface area contributed by atoms with Gasteiger partial charge in [0.25, 0.3) is 20.2 Å². The second kappa shape index (κ2) is 14.6. The van der Waals surface area contributed by atoms with Crippen LogP contribution in [0.15, 0.2) is 82.3 Å². The van der Waals surface area contributed by atoms with Crippen LogP contribution >= 0.6 is 0 Å². The summed E-state index contributed by atoms with van der Waals surface area (Å²) in [5.41, 5.74) is 8.87. The van der Waals surface area contributed by atoms with Crippen molar-refractivity contribution in [1.82, 2.24) is 5.32 Å². The highest BCUT2D eigenvalue weighted by Crippen LogP contribution is 2.49. The Morgan fingerprint density at radius 3 is 2.12 bits per heavy atom. The molecule has 0 radical (unpaired) electrons. The SMILES string of the molecule is CCN1c2ccc(S(=O)(=O)O)cc2C(C)(C)C1/C=C/C=C/C=C1/N(CCCCCC(=O)NCCN)c2ccc(S(=O)(=O)O)cc2C1(C)C. The molecule has 0 aliphatic carbocycles. The molecular weight excluding hydrogens is 653 g/mol. The molecule has 1 amide bonds. The number of hydrogen-bond donors (Lipinski definition) is 4. The molecule has 4 rings (SSSR count). The molecule has 0 saturated carbocycles. The number of nitrogens with two attached hydrogens (primary N) is 1. The Morgan fingerprint density at radius 2 is 1.52 bits per heavy atom. The maximum Gasteiger partial charge on any atom is 0.294 e. The third-order valence-electron chi connectivity index (χ3n) is 9.37. The number of carbonyl (C=O) groups is 1. The number of likely N-dealkylation sites (N-methyl/N-ethyl adjacent to an activating group) is 1. The first-order chi connectivity index (χ1) is 22.4. The number of hydrogen-bond acceptors (Lipinski definition) is 8. The van der Waals surface area contributed by atoms with Crippen molar-refractivity contribution < 1.29 is 30.7 Å². The van der Waals surface area contributed by atoms with Gasteiger partial charge in [-0.1, -0.05) is 58.4 Å². The summed E-state index contributed by atoms with van der Waals surface area (Å²) >= 11 is 0. The van der Waals surface area contributed by atoms with Gasteiger partial charge in [0, 0.05) is 60.5 Å². The Hall–Kier alpha value is -3.49. The predicted molar refractivity (Wildman–Crippen MR) is 190 cm³/mol. The first-order valence-corrected chi connectivity index (χ1v) is 19.1. The highest BCUT2D eigenvalue weighted by atomic mass is 32.2. The Morgan fingerprint density at radius 1 is 0.896 bits per heavy atom. The van der Waals surface area contributed by atoms with E-state index in [0.29, 0.717) is 32.6 Å². The summed E-state index contributed by atoms with van der Waals surface area (Å²) in [5, 5.41) is 2.79. The van der Waals surface area contributed by atoms with Crippen LogP contribution < -0.4 is 20.9 Å². The summed E-state index contributed by atoms with van der Waals surface area (Å²) in [6, 6.07) is 9.36. The smallest absolute Gasteiger partial charge is 0.294 e. The fraction of sp³-hybridized carbons (Fsp3) is 0.457. The molecule has 1 atom stereocenters. The quantitative estimate of drug-likeness (QED) is 0.118. The second-order valence-electron chi connectivity index (χ2n) is 13.3. The van der Waals surface area contributed by atoms with Crippen LogP contribution in [-0.4, -0.2) is 64.1 Å². The van der Waals surface area contributed by atoms with Gasteiger partial charge in [-0.05, 0) is 73.4 Å². The minimum absolute atomic E-state index is 0.0144. The summed E-state index contributed by atoms with van der Waals surface area (Å²) in [7, 11) is -8.71. The van der Waals surface area contributed by atoms with Crippen molar-refractivity contribution in [3.05, 3.63) is 83.6 Å². The number of nitrogens with zero attached hydrogens (tertiary/aromatic N) is 2. The van der Waals surface area contributed by atoms with Crippen molar-refractivity contribution in [3.8, 4) is 0 Å². The number of nitrogens with one attached hydrogen (secondary N) is 1. The zero-order chi connectivity index (χ0) is 35.5. The fourth-order valence-corrected chi connectivity index (χ4v) is 7.83. The molecule has 0 fully saturated rings. The zero-order valence-corrected chi connectivity index (χ0v) is 29.9. The summed E-state index contributed by atoms with van der Waals surface area (Å²) in [4.78, 5) is 16.1. The van der Waals surface area contributed by atoms with E-state index in [1.807, 2.05) is 45.1 Å². The Balaban J connectivity index is 1.57. The van der Waals surface area contributed by atoms with Gasteiger partial charge in [0.15, 0.2) is 0 Å². The van der Waals surface area contributed by atoms with Gasteiger partial charge in [-0.15, -0.1) is 0 Å². The maximum atomic E-state index is 12.0. The molecular formula is C35H48N4O7S2. The van der Waals surface area contributed by atoms with Gasteiger partial charge >= 0.3 is 0 Å². The molecule has 0 saturated heterocycles. The molecule has 5 N–H and O–H groups in total. The number of carbonyl (C=O) groups excluding carboxylic acids is 1. The van der Waals surface area contributed by atoms with Crippen LogP contribution in [0.5, 0.6) is 0 Å². The molecule has 2 aromatic carbocycles. The van der Waals surface area contributed by atoms with Crippen LogP contribution in [0.1, 0.15) is 71.4 Å². The van der Waals surface area contributed by atoms with Gasteiger partial charge in [0.1, 0.15) is 0 Å². The van der Waals surface area contributed by atoms with E-state index in [-0.39, 0.29) is 21.7 Å². The molecule has 2 aliphatic heterocycles. The number of benzene rings is 2. The lowest BCUT2D eigenvalue weighted by molar-refractivity contribution is -0.121. The molecule has 11 nitrogen and oxygen atoms in total. The summed E-state index contributed by atoms with van der Waals surface area (Å²) in [6.45, 7) is 12.4. The Bertz CT molecular complexity index is 1830. The van der Waals surface area contributed by atoms with Gasteiger partial charge in [-0.3, -0.25) is 13.9 Å². The number of rotatable bonds is 14. The van der Waals surface area contributed by atoms with Crippen LogP contribution in [0.25, 0.3) is 0 Å². The minimum atomic E-state index is -4.38. The van der Waals surface area contributed by atoms with E-state index < -0.39 is 31.1 Å². The third kappa shape index (κ3) is 7.86. The topological polar surface area (TPSA) is 170 Å². The average molecular weight is 701 g/mol. The molecule has 262 valence electrons. The lowest BCUT2D eigenvalue weighted by atomic mass is 9.80. The van der Waals surface area contributed by atoms with Gasteiger partial charge in [0.05, 0.1) is 15.8 Å². The van der Waals surface area contributed by atoms with Crippen molar-refractivity contribution >= 4 is 37.5 Å². The lowest BCUT2D eigenvalue weighted by Gasteiger charge is -2.31. The molecule has 2 aliphatic rings. The summed E-state index contributed by atoms with van der Waals surface area (Å²) in [5.74, 6) is -0.0144. The third-order valence-corrected chi connectivity index (χ3v) is 11.1. The van der Waals surface area contributed by atoms with Gasteiger partial charge in [-0.2, -0.15) is 16.8 Å². The average Bonchev–Trinajstić information content (AvgIpc) is 3.36. The second-order valence-corrected chi connectivity index (χ2v) is 16.2. The molecule has 48 heavy (non-hydrogen) atoms. The van der Waals surface area contributed by atoms with Crippen LogP contribution in [0, 0.1) is 0 Å². The van der Waals surface area contributed by atoms with Crippen molar-refractivity contribution in [2.45, 2.75) is 87.0 Å². The largest absolute Gasteiger partial charge is 0.364 e. The lowest BCUT2D eigenvalue weighted by Crippen LogP contribution is -2.39. The van der Waals surface area contributed by atoms with Crippen molar-refractivity contribution in [3.63, 3.8) is 0 Å². The molecule has 2 heterocycles. The van der Waals surface area contributed by atoms with Crippen molar-refractivity contribution in [2.24, 2.45) is 5.73 Å². The van der Waals surface area contributed by atoms with E-state index in [4.69, 9.17) is 5.73 Å². The van der Waals surface area contributed by atoms with E-state index in [1.54, 1.807) is 18.2 Å². The van der Waals surface area contributed by atoms with Crippen molar-refractivity contribution in [2.75, 3.05) is 36.0 Å². The molecule has 2 aromatic rings. The standard InChI is InChI=1S/C35H48N4O7S2/c1-6-38-29-18-16-25(47(41,42)43)23-27(29)34(2,3)31(38)13-9-7-10-14-32-35(4,5)28-24-26(48(44,45)46)17-19-30(28)39(32)22-12-8-11-15-33(40)37-21-20-36/h7,9-10,13-14,16-19,23-24,31H,6,8,11-12,15,20-22,36H2,1-5H3,(H,37,40)(H,41,42,43)(H,44,45,46)/b10-7+,13-9+,32-14+. The van der Waals surface area contributed by atoms with E-state index in [0.717, 1.165) is 47.5 Å². The van der Waals surface area contributed by atoms with Crippen LogP contribution in [0.4, 0.5) is 11.4 Å². The molecule has 0 bridgehead atoms. The fourth-order valence-electron chi connectivity index (χ4n) is 6.82. The molecule has 13 heteroatoms. The molecule has 0 aromatic heterocycles. The number of fused-ring (bicyclic) bond motifs is 2. The number of amides is 1. The van der Waals surface area contributed by atoms with Crippen LogP contribution in [0.3, 0.4) is 0 Å². The maximum absolute atomic E-state index is 12.0. The van der Waals surface area contributed by atoms with Gasteiger partial charge in [0.2, 0.25) is 5.91 Å². The number of unbranched alkanes of at least 4 members (excludes halogenated alkanes) is 2. The van der Waals surface area contributed by atoms with E-state index in [1.165, 1.54) is 18.2 Å². The Labute approximate surface area is 285 Å². The highest BCUT2D eigenvalue weighted by molar-refractivity contribution is 7.86. The van der Waals surface area contributed by atoms with E-state index >= 15 is 0 Å². The normalized spacial score (nSPS) is 19.4. The number of anilines is 2. The first-order valence-electron chi connectivity index (χ1n) is 16.2. The summed E-state index contributed by atoms with van der Waals surface area (Å²) < 4.78 is 67.0. The first kappa shape index (κ1) is 37.3. The highest BCUT2D eigenvalue weighted by Gasteiger charge is 2.43. The minimum Gasteiger partial charge on any atom is -0.364 e. The monoisotopic (exact) mass is 700 g/mol. The predicted octanol–water partition coefficient (Wildman–Crippen LogP) is 5.10. The van der Waals surface area contributed by atoms with E-state index in [9.17, 15) is 30.7 Å². The molecule has 0 spiro atoms. The Kier molecular flexibility index (Phi) is 11.3. The van der Waals surface area contributed by atoms with Crippen molar-refractivity contribution in [1.29, 1.82) is 0 Å². The van der Waals surface area contributed by atoms with Gasteiger partial charge in [-0.25, -0.2) is 0 Å². The van der Waals surface area contributed by atoms with Crippen LogP contribution in [-0.2, 0) is 35.9 Å². The number of allylic oxidation sites excluding steroid dienone is 5. The molecule has 1 unspecified atom stereocenters.